The van der Waals surface area contributed by atoms with E-state index in [1.165, 1.54) is 0 Å². The third-order valence-electron chi connectivity index (χ3n) is 2.31. The van der Waals surface area contributed by atoms with E-state index in [2.05, 4.69) is 26.1 Å². The molecule has 0 aromatic carbocycles. The van der Waals surface area contributed by atoms with Gasteiger partial charge < -0.3 is 15.2 Å². The summed E-state index contributed by atoms with van der Waals surface area (Å²) in [6.45, 7) is 7.23. The Morgan fingerprint density at radius 2 is 2.00 bits per heavy atom. The Labute approximate surface area is 81.5 Å². The minimum Gasteiger partial charge on any atom is -0.395 e. The van der Waals surface area contributed by atoms with Gasteiger partial charge in [0.2, 0.25) is 0 Å². The molecule has 0 aromatic heterocycles. The Bertz CT molecular complexity index is 117. The summed E-state index contributed by atoms with van der Waals surface area (Å²) >= 11 is 0. The highest BCUT2D eigenvalue weighted by Gasteiger charge is 2.15. The van der Waals surface area contributed by atoms with Crippen molar-refractivity contribution in [3.63, 3.8) is 0 Å². The van der Waals surface area contributed by atoms with Crippen LogP contribution in [0.1, 0.15) is 27.2 Å². The summed E-state index contributed by atoms with van der Waals surface area (Å²) in [4.78, 5) is 0. The van der Waals surface area contributed by atoms with Crippen LogP contribution in [0.4, 0.5) is 0 Å². The lowest BCUT2D eigenvalue weighted by Gasteiger charge is -2.25. The molecule has 2 atom stereocenters. The third kappa shape index (κ3) is 5.24. The van der Waals surface area contributed by atoms with Crippen molar-refractivity contribution in [2.75, 3.05) is 20.3 Å². The highest BCUT2D eigenvalue weighted by atomic mass is 16.5. The van der Waals surface area contributed by atoms with Gasteiger partial charge in [-0.15, -0.1) is 0 Å². The first-order chi connectivity index (χ1) is 6.15. The molecule has 0 saturated heterocycles. The highest BCUT2D eigenvalue weighted by Crippen LogP contribution is 2.03. The number of nitrogens with one attached hydrogen (secondary N) is 1. The Hall–Kier alpha value is -0.120. The first kappa shape index (κ1) is 12.9. The first-order valence-corrected chi connectivity index (χ1v) is 5.01. The summed E-state index contributed by atoms with van der Waals surface area (Å²) in [5, 5.41) is 12.5. The zero-order chi connectivity index (χ0) is 10.3. The molecule has 3 nitrogen and oxygen atoms in total. The van der Waals surface area contributed by atoms with E-state index in [0.717, 1.165) is 6.42 Å². The molecule has 2 N–H and O–H groups in total. The summed E-state index contributed by atoms with van der Waals surface area (Å²) < 4.78 is 5.08. The van der Waals surface area contributed by atoms with E-state index >= 15 is 0 Å². The van der Waals surface area contributed by atoms with E-state index in [1.807, 2.05) is 0 Å². The number of hydrogen-bond acceptors (Lipinski definition) is 3. The maximum Gasteiger partial charge on any atom is 0.0615 e. The fraction of sp³-hybridized carbons (Fsp3) is 1.00. The second-order valence-corrected chi connectivity index (χ2v) is 3.76. The summed E-state index contributed by atoms with van der Waals surface area (Å²) in [7, 11) is 1.70. The van der Waals surface area contributed by atoms with Gasteiger partial charge in [-0.05, 0) is 12.3 Å². The van der Waals surface area contributed by atoms with Gasteiger partial charge in [0, 0.05) is 19.2 Å². The van der Waals surface area contributed by atoms with Crippen LogP contribution in [0.3, 0.4) is 0 Å². The van der Waals surface area contributed by atoms with Crippen molar-refractivity contribution in [1.29, 1.82) is 0 Å². The molecule has 0 aromatic rings. The van der Waals surface area contributed by atoms with Gasteiger partial charge in [-0.1, -0.05) is 20.8 Å². The van der Waals surface area contributed by atoms with E-state index < -0.39 is 0 Å². The van der Waals surface area contributed by atoms with E-state index in [9.17, 15) is 0 Å². The molecular weight excluding hydrogens is 166 g/mol. The van der Waals surface area contributed by atoms with E-state index in [0.29, 0.717) is 18.6 Å². The summed E-state index contributed by atoms with van der Waals surface area (Å²) in [6.07, 6.45) is 1.02. The summed E-state index contributed by atoms with van der Waals surface area (Å²) in [5.41, 5.74) is 0. The first-order valence-electron chi connectivity index (χ1n) is 5.01. The Kier molecular flexibility index (Phi) is 7.23. The molecule has 0 heterocycles. The van der Waals surface area contributed by atoms with Crippen molar-refractivity contribution in [2.24, 2.45) is 5.92 Å². The zero-order valence-electron chi connectivity index (χ0n) is 9.21. The van der Waals surface area contributed by atoms with Gasteiger partial charge in [-0.25, -0.2) is 0 Å². The van der Waals surface area contributed by atoms with Gasteiger partial charge in [0.25, 0.3) is 0 Å². The normalized spacial score (nSPS) is 16.2. The average molecular weight is 189 g/mol. The van der Waals surface area contributed by atoms with Crippen LogP contribution >= 0.6 is 0 Å². The molecule has 13 heavy (non-hydrogen) atoms. The number of methoxy groups -OCH3 is 1. The minimum atomic E-state index is 0.181. The summed E-state index contributed by atoms with van der Waals surface area (Å²) in [5.74, 6) is 0.455. The van der Waals surface area contributed by atoms with Gasteiger partial charge >= 0.3 is 0 Å². The molecule has 0 aliphatic heterocycles. The molecule has 0 bridgehead atoms. The molecule has 0 rings (SSSR count). The number of rotatable bonds is 7. The van der Waals surface area contributed by atoms with Crippen LogP contribution in [0, 0.1) is 5.92 Å². The molecule has 0 fully saturated rings. The van der Waals surface area contributed by atoms with Crippen LogP contribution in [-0.4, -0.2) is 37.5 Å². The predicted octanol–water partition coefficient (Wildman–Crippen LogP) is 1.02. The van der Waals surface area contributed by atoms with Crippen molar-refractivity contribution >= 4 is 0 Å². The second kappa shape index (κ2) is 7.30. The van der Waals surface area contributed by atoms with Crippen LogP contribution in [0.2, 0.25) is 0 Å². The zero-order valence-corrected chi connectivity index (χ0v) is 9.21. The monoisotopic (exact) mass is 189 g/mol. The minimum absolute atomic E-state index is 0.181. The van der Waals surface area contributed by atoms with Crippen LogP contribution in [0.15, 0.2) is 0 Å². The third-order valence-corrected chi connectivity index (χ3v) is 2.31. The van der Waals surface area contributed by atoms with Gasteiger partial charge in [-0.2, -0.15) is 0 Å². The van der Waals surface area contributed by atoms with Crippen LogP contribution < -0.4 is 5.32 Å². The molecular formula is C10H23NO2. The van der Waals surface area contributed by atoms with Gasteiger partial charge in [0.1, 0.15) is 0 Å². The van der Waals surface area contributed by atoms with Crippen LogP contribution in [0.25, 0.3) is 0 Å². The van der Waals surface area contributed by atoms with E-state index in [1.54, 1.807) is 7.11 Å². The van der Waals surface area contributed by atoms with Crippen LogP contribution in [0.5, 0.6) is 0 Å². The Morgan fingerprint density at radius 1 is 1.38 bits per heavy atom. The largest absolute Gasteiger partial charge is 0.395 e. The number of aliphatic hydroxyl groups is 1. The molecule has 1 unspecified atom stereocenters. The smallest absolute Gasteiger partial charge is 0.0615 e. The molecule has 3 heteroatoms. The van der Waals surface area contributed by atoms with Crippen molar-refractivity contribution < 1.29 is 9.84 Å². The van der Waals surface area contributed by atoms with E-state index in [4.69, 9.17) is 9.84 Å². The van der Waals surface area contributed by atoms with Crippen molar-refractivity contribution in [3.05, 3.63) is 0 Å². The van der Waals surface area contributed by atoms with Gasteiger partial charge in [-0.3, -0.25) is 0 Å². The molecule has 0 aliphatic rings. The van der Waals surface area contributed by atoms with Crippen LogP contribution in [-0.2, 0) is 4.74 Å². The van der Waals surface area contributed by atoms with Crippen molar-refractivity contribution in [1.82, 2.24) is 5.32 Å². The van der Waals surface area contributed by atoms with E-state index in [-0.39, 0.29) is 12.6 Å². The lowest BCUT2D eigenvalue weighted by atomic mass is 10.0. The SMILES string of the molecule is CCC(COC)N[C@H](CO)C(C)C. The number of aliphatic hydroxyl groups excluding tert-OH is 1. The Morgan fingerprint density at radius 3 is 2.31 bits per heavy atom. The Balaban J connectivity index is 3.87. The van der Waals surface area contributed by atoms with Crippen molar-refractivity contribution in [3.8, 4) is 0 Å². The fourth-order valence-corrected chi connectivity index (χ4v) is 1.24. The molecule has 0 radical (unpaired) electrons. The quantitative estimate of drug-likeness (QED) is 0.628. The highest BCUT2D eigenvalue weighted by molar-refractivity contribution is 4.74. The maximum absolute atomic E-state index is 9.11. The standard InChI is InChI=1S/C10H23NO2/c1-5-9(7-13-4)11-10(6-12)8(2)3/h8-12H,5-7H2,1-4H3/t9?,10-/m1/s1. The lowest BCUT2D eigenvalue weighted by molar-refractivity contribution is 0.135. The fourth-order valence-electron chi connectivity index (χ4n) is 1.24. The maximum atomic E-state index is 9.11. The average Bonchev–Trinajstić information content (AvgIpc) is 2.11. The molecule has 80 valence electrons. The number of hydrogen-bond donors (Lipinski definition) is 2. The van der Waals surface area contributed by atoms with Gasteiger partial charge in [0.05, 0.1) is 13.2 Å². The van der Waals surface area contributed by atoms with Gasteiger partial charge in [0.15, 0.2) is 0 Å². The molecule has 0 amide bonds. The molecule has 0 aliphatic carbocycles. The lowest BCUT2D eigenvalue weighted by Crippen LogP contribution is -2.45. The predicted molar refractivity (Wildman–Crippen MR) is 54.8 cm³/mol. The number of ether oxygens (including phenoxy) is 1. The summed E-state index contributed by atoms with van der Waals surface area (Å²) in [6, 6.07) is 0.532. The second-order valence-electron chi connectivity index (χ2n) is 3.76. The van der Waals surface area contributed by atoms with Crippen molar-refractivity contribution in [2.45, 2.75) is 39.3 Å². The molecule has 0 saturated carbocycles. The molecule has 0 spiro atoms. The topological polar surface area (TPSA) is 41.5 Å².